The van der Waals surface area contributed by atoms with E-state index in [1.54, 1.807) is 31.2 Å². The quantitative estimate of drug-likeness (QED) is 0.156. The van der Waals surface area contributed by atoms with Crippen molar-refractivity contribution < 1.29 is 28.4 Å². The Bertz CT molecular complexity index is 1800. The maximum atomic E-state index is 14.5. The number of ether oxygens (including phenoxy) is 2. The highest BCUT2D eigenvalue weighted by atomic mass is 35.5. The number of aliphatic hydroxyl groups excluding tert-OH is 1. The number of anilines is 1. The molecule has 0 saturated heterocycles. The Morgan fingerprint density at radius 1 is 1.20 bits per heavy atom. The Labute approximate surface area is 300 Å². The largest absolute Gasteiger partial charge is 0.491 e. The van der Waals surface area contributed by atoms with Gasteiger partial charge in [-0.15, -0.1) is 4.36 Å². The monoisotopic (exact) mass is 725 g/mol. The first-order chi connectivity index (χ1) is 23.9. The summed E-state index contributed by atoms with van der Waals surface area (Å²) >= 11 is 6.45. The smallest absolute Gasteiger partial charge is 0.286 e. The summed E-state index contributed by atoms with van der Waals surface area (Å²) in [7, 11) is -1.07. The lowest BCUT2D eigenvalue weighted by atomic mass is 9.65. The minimum absolute atomic E-state index is 0.0437. The van der Waals surface area contributed by atoms with Crippen molar-refractivity contribution in [2.45, 2.75) is 70.9 Å². The Hall–Kier alpha value is -3.87. The highest BCUT2D eigenvalue weighted by Gasteiger charge is 2.39. The fourth-order valence-electron chi connectivity index (χ4n) is 6.83. The third-order valence-corrected chi connectivity index (χ3v) is 12.0. The predicted molar refractivity (Wildman–Crippen MR) is 198 cm³/mol. The third-order valence-electron chi connectivity index (χ3n) is 9.83. The minimum atomic E-state index is -3.80. The van der Waals surface area contributed by atoms with E-state index in [9.17, 15) is 18.9 Å². The third kappa shape index (κ3) is 9.07. The van der Waals surface area contributed by atoms with E-state index in [1.165, 1.54) is 25.9 Å². The molecule has 1 fully saturated rings. The van der Waals surface area contributed by atoms with Gasteiger partial charge < -0.3 is 25.2 Å². The maximum Gasteiger partial charge on any atom is 0.286 e. The standard InChI is InChI=1S/C37H48ClN5O6S/c1-25-23-50(47,42-36(46)30(21-40-2)34(39)48-3)41-35(45)27-12-14-33-31(20-27)43(24-37(16-8-17-37)15-6-4-10-32(25)44)22-28-11-13-29(38)19-26(28)9-5-7-18-49-33/h4,10-14,19-21,25,32,44H,5-9,15-18,22-24,39H2,1-3H3,(H,41,42,45,46,47)/b10-4+,34-30-,40-21?/t25-,32+,50?/m1/s1. The first-order valence-electron chi connectivity index (χ1n) is 17.2. The highest BCUT2D eigenvalue weighted by Crippen LogP contribution is 2.47. The van der Waals surface area contributed by atoms with Crippen LogP contribution >= 0.6 is 11.6 Å². The Morgan fingerprint density at radius 2 is 2.00 bits per heavy atom. The molecule has 4 N–H and O–H groups in total. The number of aliphatic hydroxyl groups is 1. The number of nitrogens with one attached hydrogen (secondary N) is 1. The summed E-state index contributed by atoms with van der Waals surface area (Å²) in [4.78, 5) is 33.5. The van der Waals surface area contributed by atoms with Crippen LogP contribution in [-0.4, -0.2) is 66.5 Å². The van der Waals surface area contributed by atoms with E-state index in [4.69, 9.17) is 26.8 Å². The number of rotatable bonds is 4. The van der Waals surface area contributed by atoms with E-state index in [1.807, 2.05) is 18.2 Å². The molecule has 2 aromatic rings. The van der Waals surface area contributed by atoms with Crippen LogP contribution < -0.4 is 20.1 Å². The number of amides is 2. The number of aliphatic imine (C=N–C) groups is 1. The van der Waals surface area contributed by atoms with Gasteiger partial charge in [-0.25, -0.2) is 4.21 Å². The lowest BCUT2D eigenvalue weighted by molar-refractivity contribution is -0.115. The number of carbonyl (C=O) groups is 2. The van der Waals surface area contributed by atoms with E-state index in [0.717, 1.165) is 69.2 Å². The van der Waals surface area contributed by atoms with Gasteiger partial charge in [0.2, 0.25) is 0 Å². The number of halogens is 1. The van der Waals surface area contributed by atoms with Crippen LogP contribution in [0, 0.1) is 11.3 Å². The SMILES string of the molecule is CN=C/C(C(=O)NS1(=O)=NC(=O)c2ccc3c(c2)N(Cc2ccc(Cl)cc2CCCCO3)CC2(CC/C=C/[C@H](O)[C@H](C)C1)CCC2)=C(\N)OC. The summed E-state index contributed by atoms with van der Waals surface area (Å²) < 4.78 is 32.4. The summed E-state index contributed by atoms with van der Waals surface area (Å²) in [6, 6.07) is 11.2. The summed E-state index contributed by atoms with van der Waals surface area (Å²) in [5.74, 6) is -2.18. The number of fused-ring (bicyclic) bond motifs is 2. The fourth-order valence-corrected chi connectivity index (χ4v) is 8.91. The Balaban J connectivity index is 1.64. The number of allylic oxidation sites excluding steroid dienone is 1. The van der Waals surface area contributed by atoms with Crippen molar-refractivity contribution in [1.82, 2.24) is 4.72 Å². The molecule has 0 aromatic heterocycles. The molecular weight excluding hydrogens is 678 g/mol. The molecule has 2 heterocycles. The number of nitrogens with zero attached hydrogens (tertiary/aromatic N) is 3. The van der Waals surface area contributed by atoms with Gasteiger partial charge in [-0.1, -0.05) is 43.2 Å². The summed E-state index contributed by atoms with van der Waals surface area (Å²) in [6.45, 7) is 3.51. The van der Waals surface area contributed by atoms with Gasteiger partial charge in [-0.3, -0.25) is 19.3 Å². The van der Waals surface area contributed by atoms with Crippen LogP contribution in [0.3, 0.4) is 0 Å². The second-order valence-electron chi connectivity index (χ2n) is 13.5. The molecule has 1 unspecified atom stereocenters. The van der Waals surface area contributed by atoms with Crippen LogP contribution in [0.15, 0.2) is 69.4 Å². The van der Waals surface area contributed by atoms with E-state index >= 15 is 0 Å². The van der Waals surface area contributed by atoms with Gasteiger partial charge in [-0.05, 0) is 97.7 Å². The second-order valence-corrected chi connectivity index (χ2v) is 16.0. The minimum Gasteiger partial charge on any atom is -0.491 e. The molecule has 0 radical (unpaired) electrons. The number of nitrogens with two attached hydrogens (primary N) is 1. The molecule has 50 heavy (non-hydrogen) atoms. The molecule has 2 aromatic carbocycles. The molecule has 1 saturated carbocycles. The zero-order valence-corrected chi connectivity index (χ0v) is 30.6. The molecule has 11 nitrogen and oxygen atoms in total. The van der Waals surface area contributed by atoms with Crippen molar-refractivity contribution in [1.29, 1.82) is 0 Å². The summed E-state index contributed by atoms with van der Waals surface area (Å²) in [5, 5.41) is 11.8. The number of hydrogen-bond acceptors (Lipinski definition) is 9. The van der Waals surface area contributed by atoms with Crippen molar-refractivity contribution in [3.63, 3.8) is 0 Å². The lowest BCUT2D eigenvalue weighted by Crippen LogP contribution is -2.42. The van der Waals surface area contributed by atoms with E-state index in [0.29, 0.717) is 23.9 Å². The molecule has 270 valence electrons. The van der Waals surface area contributed by atoms with Crippen molar-refractivity contribution in [2.24, 2.45) is 26.4 Å². The number of benzene rings is 2. The Kier molecular flexibility index (Phi) is 12.3. The molecule has 3 atom stereocenters. The molecule has 2 aliphatic heterocycles. The van der Waals surface area contributed by atoms with Crippen LogP contribution in [-0.2, 0) is 32.4 Å². The van der Waals surface area contributed by atoms with Gasteiger partial charge in [0.1, 0.15) is 21.2 Å². The Morgan fingerprint density at radius 3 is 2.72 bits per heavy atom. The average Bonchev–Trinajstić information content (AvgIpc) is 3.09. The molecule has 1 aliphatic carbocycles. The summed E-state index contributed by atoms with van der Waals surface area (Å²) in [5.41, 5.74) is 9.04. The molecule has 2 amide bonds. The number of hydrogen-bond donors (Lipinski definition) is 3. The van der Waals surface area contributed by atoms with Gasteiger partial charge in [0.05, 0.1) is 31.3 Å². The van der Waals surface area contributed by atoms with Gasteiger partial charge in [0, 0.05) is 36.9 Å². The molecule has 5 rings (SSSR count). The van der Waals surface area contributed by atoms with Gasteiger partial charge in [0.15, 0.2) is 5.88 Å². The number of aryl methyl sites for hydroxylation is 1. The second kappa shape index (κ2) is 16.4. The first-order valence-corrected chi connectivity index (χ1v) is 19.2. The van der Waals surface area contributed by atoms with Crippen molar-refractivity contribution in [2.75, 3.05) is 38.0 Å². The van der Waals surface area contributed by atoms with Crippen molar-refractivity contribution in [3.8, 4) is 5.75 Å². The normalized spacial score (nSPS) is 25.5. The predicted octanol–water partition coefficient (Wildman–Crippen LogP) is 5.74. The maximum absolute atomic E-state index is 14.5. The average molecular weight is 726 g/mol. The van der Waals surface area contributed by atoms with Crippen LogP contribution in [0.5, 0.6) is 5.75 Å². The highest BCUT2D eigenvalue weighted by molar-refractivity contribution is 7.92. The molecular formula is C37H48ClN5O6S. The van der Waals surface area contributed by atoms with Crippen LogP contribution in [0.4, 0.5) is 5.69 Å². The van der Waals surface area contributed by atoms with Gasteiger partial charge in [-0.2, -0.15) is 0 Å². The fraction of sp³-hybridized carbons (Fsp3) is 0.486. The van der Waals surface area contributed by atoms with Gasteiger partial charge >= 0.3 is 0 Å². The molecule has 1 spiro atoms. The van der Waals surface area contributed by atoms with Gasteiger partial charge in [0.25, 0.3) is 11.8 Å². The molecule has 2 bridgehead atoms. The van der Waals surface area contributed by atoms with Crippen molar-refractivity contribution in [3.05, 3.63) is 81.7 Å². The molecule has 3 aliphatic rings. The van der Waals surface area contributed by atoms with E-state index < -0.39 is 33.8 Å². The van der Waals surface area contributed by atoms with Crippen LogP contribution in [0.25, 0.3) is 0 Å². The van der Waals surface area contributed by atoms with E-state index in [-0.39, 0.29) is 28.2 Å². The zero-order chi connectivity index (χ0) is 35.9. The zero-order valence-electron chi connectivity index (χ0n) is 29.0. The van der Waals surface area contributed by atoms with Crippen LogP contribution in [0.1, 0.15) is 73.4 Å². The number of carbonyl (C=O) groups excluding carboxylic acids is 2. The van der Waals surface area contributed by atoms with Crippen molar-refractivity contribution >= 4 is 45.2 Å². The first kappa shape index (κ1) is 37.4. The molecule has 13 heteroatoms. The number of methoxy groups -OCH3 is 1. The van der Waals surface area contributed by atoms with Crippen LogP contribution in [0.2, 0.25) is 5.02 Å². The summed E-state index contributed by atoms with van der Waals surface area (Å²) in [6.07, 6.45) is 11.5. The topological polar surface area (TPSA) is 156 Å². The lowest BCUT2D eigenvalue weighted by Gasteiger charge is -2.46. The van der Waals surface area contributed by atoms with E-state index in [2.05, 4.69) is 25.0 Å².